The summed E-state index contributed by atoms with van der Waals surface area (Å²) in [5.74, 6) is 1.66. The van der Waals surface area contributed by atoms with E-state index in [-0.39, 0.29) is 53.5 Å². The second kappa shape index (κ2) is 14.8. The van der Waals surface area contributed by atoms with Crippen molar-refractivity contribution in [3.8, 4) is 0 Å². The number of piperidine rings is 2. The first kappa shape index (κ1) is 33.2. The molecule has 2 heterocycles. The molecule has 9 nitrogen and oxygen atoms in total. The molecule has 2 aliphatic carbocycles. The van der Waals surface area contributed by atoms with Gasteiger partial charge in [-0.15, -0.1) is 0 Å². The lowest BCUT2D eigenvalue weighted by molar-refractivity contribution is -0.133. The summed E-state index contributed by atoms with van der Waals surface area (Å²) in [6, 6.07) is 1.85. The SMILES string of the molecule is CC(=O)NC1CCC(N(C)C2CC(C3CCC(CN(C)C)NC3)CC(C(=O)NCC3C(=O)NC(C)CC3C)C2C)CC1. The molecular weight excluding hydrogens is 528 g/mol. The molecule has 2 aliphatic heterocycles. The molecule has 2 saturated carbocycles. The van der Waals surface area contributed by atoms with Gasteiger partial charge in [-0.3, -0.25) is 14.4 Å². The van der Waals surface area contributed by atoms with E-state index in [4.69, 9.17) is 0 Å². The Labute approximate surface area is 255 Å². The van der Waals surface area contributed by atoms with Crippen molar-refractivity contribution < 1.29 is 14.4 Å². The molecule has 9 atom stereocenters. The van der Waals surface area contributed by atoms with E-state index in [1.54, 1.807) is 6.92 Å². The van der Waals surface area contributed by atoms with E-state index in [0.717, 1.165) is 58.0 Å². The molecular formula is C33H60N6O3. The van der Waals surface area contributed by atoms with Gasteiger partial charge in [-0.25, -0.2) is 0 Å². The van der Waals surface area contributed by atoms with Gasteiger partial charge >= 0.3 is 0 Å². The number of rotatable bonds is 9. The summed E-state index contributed by atoms with van der Waals surface area (Å²) in [7, 11) is 6.56. The summed E-state index contributed by atoms with van der Waals surface area (Å²) in [6.07, 6.45) is 9.62. The maximum atomic E-state index is 13.9. The van der Waals surface area contributed by atoms with Gasteiger partial charge in [0, 0.05) is 56.1 Å². The number of amides is 3. The summed E-state index contributed by atoms with van der Waals surface area (Å²) in [5.41, 5.74) is 0. The van der Waals surface area contributed by atoms with Gasteiger partial charge < -0.3 is 31.1 Å². The van der Waals surface area contributed by atoms with Crippen LogP contribution in [0.2, 0.25) is 0 Å². The average Bonchev–Trinajstić information content (AvgIpc) is 2.92. The molecule has 9 unspecified atom stereocenters. The Bertz CT molecular complexity index is 913. The van der Waals surface area contributed by atoms with E-state index in [0.29, 0.717) is 36.5 Å². The summed E-state index contributed by atoms with van der Waals surface area (Å²) < 4.78 is 0. The second-order valence-electron chi connectivity index (χ2n) is 14.8. The monoisotopic (exact) mass is 588 g/mol. The molecule has 0 aromatic carbocycles. The molecule has 9 heteroatoms. The van der Waals surface area contributed by atoms with Crippen molar-refractivity contribution in [3.63, 3.8) is 0 Å². The highest BCUT2D eigenvalue weighted by molar-refractivity contribution is 5.83. The van der Waals surface area contributed by atoms with Crippen LogP contribution in [0.25, 0.3) is 0 Å². The van der Waals surface area contributed by atoms with E-state index >= 15 is 0 Å². The Morgan fingerprint density at radius 2 is 1.64 bits per heavy atom. The van der Waals surface area contributed by atoms with Crippen molar-refractivity contribution in [2.24, 2.45) is 35.5 Å². The van der Waals surface area contributed by atoms with E-state index in [2.05, 4.69) is 73.0 Å². The van der Waals surface area contributed by atoms with Gasteiger partial charge in [0.1, 0.15) is 0 Å². The fourth-order valence-electron chi connectivity index (χ4n) is 8.84. The number of carbonyl (C=O) groups excluding carboxylic acids is 3. The molecule has 4 rings (SSSR count). The molecule has 0 bridgehead atoms. The van der Waals surface area contributed by atoms with Gasteiger partial charge in [0.25, 0.3) is 0 Å². The Balaban J connectivity index is 1.43. The highest BCUT2D eigenvalue weighted by Crippen LogP contribution is 2.43. The normalized spacial score (nSPS) is 39.5. The van der Waals surface area contributed by atoms with Crippen LogP contribution >= 0.6 is 0 Å². The largest absolute Gasteiger partial charge is 0.355 e. The minimum absolute atomic E-state index is 0.0488. The molecule has 0 aromatic heterocycles. The van der Waals surface area contributed by atoms with Gasteiger partial charge in [-0.2, -0.15) is 0 Å². The zero-order valence-corrected chi connectivity index (χ0v) is 27.5. The smallest absolute Gasteiger partial charge is 0.225 e. The predicted molar refractivity (Wildman–Crippen MR) is 168 cm³/mol. The number of hydrogen-bond acceptors (Lipinski definition) is 6. The fraction of sp³-hybridized carbons (Fsp3) is 0.909. The van der Waals surface area contributed by atoms with Crippen molar-refractivity contribution in [2.45, 2.75) is 116 Å². The lowest BCUT2D eigenvalue weighted by Gasteiger charge is -2.49. The summed E-state index contributed by atoms with van der Waals surface area (Å²) in [4.78, 5) is 43.1. The van der Waals surface area contributed by atoms with Crippen LogP contribution in [0, 0.1) is 35.5 Å². The van der Waals surface area contributed by atoms with Crippen molar-refractivity contribution in [3.05, 3.63) is 0 Å². The highest BCUT2D eigenvalue weighted by atomic mass is 16.2. The van der Waals surface area contributed by atoms with Gasteiger partial charge in [0.15, 0.2) is 0 Å². The van der Waals surface area contributed by atoms with Gasteiger partial charge in [0.2, 0.25) is 17.7 Å². The Morgan fingerprint density at radius 3 is 2.24 bits per heavy atom. The van der Waals surface area contributed by atoms with Crippen LogP contribution < -0.4 is 21.3 Å². The summed E-state index contributed by atoms with van der Waals surface area (Å²) >= 11 is 0. The van der Waals surface area contributed by atoms with Crippen molar-refractivity contribution in [2.75, 3.05) is 40.8 Å². The van der Waals surface area contributed by atoms with E-state index in [9.17, 15) is 14.4 Å². The van der Waals surface area contributed by atoms with Crippen LogP contribution in [0.3, 0.4) is 0 Å². The Kier molecular flexibility index (Phi) is 11.7. The van der Waals surface area contributed by atoms with Crippen molar-refractivity contribution in [1.82, 2.24) is 31.1 Å². The molecule has 0 spiro atoms. The van der Waals surface area contributed by atoms with E-state index in [1.165, 1.54) is 12.8 Å². The quantitative estimate of drug-likeness (QED) is 0.330. The maximum absolute atomic E-state index is 13.9. The van der Waals surface area contributed by atoms with E-state index < -0.39 is 0 Å². The fourth-order valence-corrected chi connectivity index (χ4v) is 8.84. The summed E-state index contributed by atoms with van der Waals surface area (Å²) in [6.45, 7) is 10.6. The average molecular weight is 589 g/mol. The van der Waals surface area contributed by atoms with Crippen LogP contribution in [-0.4, -0.2) is 98.5 Å². The minimum Gasteiger partial charge on any atom is -0.355 e. The molecule has 0 aromatic rings. The lowest BCUT2D eigenvalue weighted by Crippen LogP contribution is -2.56. The molecule has 240 valence electrons. The topological polar surface area (TPSA) is 106 Å². The Hall–Kier alpha value is -1.71. The van der Waals surface area contributed by atoms with Crippen LogP contribution in [0.1, 0.15) is 85.5 Å². The molecule has 0 radical (unpaired) electrons. The number of likely N-dealkylation sites (N-methyl/N-ethyl adjacent to an activating group) is 1. The van der Waals surface area contributed by atoms with E-state index in [1.807, 2.05) is 0 Å². The van der Waals surface area contributed by atoms with Crippen molar-refractivity contribution in [1.29, 1.82) is 0 Å². The lowest BCUT2D eigenvalue weighted by atomic mass is 9.65. The van der Waals surface area contributed by atoms with Gasteiger partial charge in [-0.05, 0) is 116 Å². The standard InChI is InChI=1S/C33H60N6O3/c1-20-14-21(2)36-33(42)30(20)18-35-32(41)29-15-25(24-8-9-27(34-17-24)19-38(5)6)16-31(22(29)3)39(7)28-12-10-26(11-13-28)37-23(4)40/h20-22,24-31,34H,8-19H2,1-7H3,(H,35,41)(H,36,42)(H,37,40). The predicted octanol–water partition coefficient (Wildman–Crippen LogP) is 2.60. The first-order valence-electron chi connectivity index (χ1n) is 16.9. The number of nitrogens with one attached hydrogen (secondary N) is 4. The number of carbonyl (C=O) groups is 3. The van der Waals surface area contributed by atoms with Crippen molar-refractivity contribution >= 4 is 17.7 Å². The third-order valence-corrected chi connectivity index (χ3v) is 11.3. The molecule has 4 N–H and O–H groups in total. The maximum Gasteiger partial charge on any atom is 0.225 e. The van der Waals surface area contributed by atoms with Crippen LogP contribution in [0.4, 0.5) is 0 Å². The number of hydrogen-bond donors (Lipinski definition) is 4. The minimum atomic E-state index is -0.159. The molecule has 3 amide bonds. The third kappa shape index (κ3) is 8.47. The zero-order chi connectivity index (χ0) is 30.6. The highest BCUT2D eigenvalue weighted by Gasteiger charge is 2.45. The first-order chi connectivity index (χ1) is 19.9. The molecule has 4 aliphatic rings. The molecule has 42 heavy (non-hydrogen) atoms. The zero-order valence-electron chi connectivity index (χ0n) is 27.5. The Morgan fingerprint density at radius 1 is 0.929 bits per heavy atom. The van der Waals surface area contributed by atoms with Gasteiger partial charge in [0.05, 0.1) is 5.92 Å². The van der Waals surface area contributed by atoms with Gasteiger partial charge in [-0.1, -0.05) is 13.8 Å². The second-order valence-corrected chi connectivity index (χ2v) is 14.8. The molecule has 2 saturated heterocycles. The van der Waals surface area contributed by atoms with Crippen LogP contribution in [0.5, 0.6) is 0 Å². The third-order valence-electron chi connectivity index (χ3n) is 11.3. The van der Waals surface area contributed by atoms with Crippen LogP contribution in [0.15, 0.2) is 0 Å². The van der Waals surface area contributed by atoms with Crippen LogP contribution in [-0.2, 0) is 14.4 Å². The first-order valence-corrected chi connectivity index (χ1v) is 16.9. The molecule has 4 fully saturated rings. The number of nitrogens with zero attached hydrogens (tertiary/aromatic N) is 2. The summed E-state index contributed by atoms with van der Waals surface area (Å²) in [5, 5.41) is 13.3.